The second-order valence-electron chi connectivity index (χ2n) is 3.61. The van der Waals surface area contributed by atoms with Crippen LogP contribution in [0.1, 0.15) is 5.56 Å². The number of nitrogens with one attached hydrogen (secondary N) is 1. The van der Waals surface area contributed by atoms with E-state index < -0.39 is 0 Å². The first kappa shape index (κ1) is 13.0. The molecule has 0 amide bonds. The average molecular weight is 283 g/mol. The van der Waals surface area contributed by atoms with Crippen molar-refractivity contribution in [3.63, 3.8) is 0 Å². The molecule has 1 aromatic carbocycles. The average Bonchev–Trinajstić information content (AvgIpc) is 2.38. The maximum Gasteiger partial charge on any atom is 0.237 e. The Morgan fingerprint density at radius 1 is 1.17 bits per heavy atom. The van der Waals surface area contributed by atoms with Gasteiger partial charge in [0.05, 0.1) is 12.8 Å². The molecule has 0 saturated carbocycles. The minimum Gasteiger partial charge on any atom is -0.480 e. The molecule has 5 heteroatoms. The lowest BCUT2D eigenvalue weighted by Gasteiger charge is -2.11. The number of methoxy groups -OCH3 is 1. The SMILES string of the molecule is COc1ncccc1NCc1c(Cl)cccc1Cl. The first-order chi connectivity index (χ1) is 8.72. The Bertz CT molecular complexity index is 526. The number of anilines is 1. The molecule has 0 aliphatic heterocycles. The predicted octanol–water partition coefficient (Wildman–Crippen LogP) is 4.01. The number of hydrogen-bond acceptors (Lipinski definition) is 3. The van der Waals surface area contributed by atoms with Crippen LogP contribution in [0.25, 0.3) is 0 Å². The maximum absolute atomic E-state index is 6.10. The van der Waals surface area contributed by atoms with Crippen LogP contribution in [-0.2, 0) is 6.54 Å². The zero-order valence-electron chi connectivity index (χ0n) is 9.78. The molecule has 0 bridgehead atoms. The van der Waals surface area contributed by atoms with Gasteiger partial charge in [0.15, 0.2) is 0 Å². The fraction of sp³-hybridized carbons (Fsp3) is 0.154. The van der Waals surface area contributed by atoms with E-state index in [1.807, 2.05) is 30.3 Å². The number of halogens is 2. The lowest BCUT2D eigenvalue weighted by atomic mass is 10.2. The zero-order chi connectivity index (χ0) is 13.0. The number of hydrogen-bond donors (Lipinski definition) is 1. The number of rotatable bonds is 4. The molecule has 0 radical (unpaired) electrons. The Morgan fingerprint density at radius 3 is 2.56 bits per heavy atom. The Kier molecular flexibility index (Phi) is 4.28. The monoisotopic (exact) mass is 282 g/mol. The summed E-state index contributed by atoms with van der Waals surface area (Å²) >= 11 is 12.2. The van der Waals surface area contributed by atoms with E-state index in [0.29, 0.717) is 22.5 Å². The quantitative estimate of drug-likeness (QED) is 0.920. The molecule has 0 saturated heterocycles. The van der Waals surface area contributed by atoms with Crippen molar-refractivity contribution in [3.8, 4) is 5.88 Å². The van der Waals surface area contributed by atoms with Crippen molar-refractivity contribution in [1.82, 2.24) is 4.98 Å². The van der Waals surface area contributed by atoms with Gasteiger partial charge in [-0.15, -0.1) is 0 Å². The van der Waals surface area contributed by atoms with Crippen molar-refractivity contribution < 1.29 is 4.74 Å². The van der Waals surface area contributed by atoms with E-state index in [9.17, 15) is 0 Å². The van der Waals surface area contributed by atoms with Gasteiger partial charge in [-0.3, -0.25) is 0 Å². The van der Waals surface area contributed by atoms with E-state index >= 15 is 0 Å². The lowest BCUT2D eigenvalue weighted by molar-refractivity contribution is 0.399. The number of pyridine rings is 1. The molecule has 1 aromatic heterocycles. The molecule has 0 unspecified atom stereocenters. The molecular formula is C13H12Cl2N2O. The molecule has 2 aromatic rings. The highest BCUT2D eigenvalue weighted by Crippen LogP contribution is 2.27. The van der Waals surface area contributed by atoms with Crippen molar-refractivity contribution in [3.05, 3.63) is 52.1 Å². The normalized spacial score (nSPS) is 10.2. The summed E-state index contributed by atoms with van der Waals surface area (Å²) in [5.74, 6) is 0.542. The van der Waals surface area contributed by atoms with Crippen molar-refractivity contribution in [2.24, 2.45) is 0 Å². The summed E-state index contributed by atoms with van der Waals surface area (Å²) in [6, 6.07) is 9.16. The van der Waals surface area contributed by atoms with Gasteiger partial charge in [0.1, 0.15) is 0 Å². The standard InChI is InChI=1S/C13H12Cl2N2O/c1-18-13-12(6-3-7-16-13)17-8-9-10(14)4-2-5-11(9)15/h2-7,17H,8H2,1H3. The molecule has 1 N–H and O–H groups in total. The molecule has 0 aliphatic carbocycles. The van der Waals surface area contributed by atoms with Crippen LogP contribution in [0.5, 0.6) is 5.88 Å². The molecule has 94 valence electrons. The lowest BCUT2D eigenvalue weighted by Crippen LogP contribution is -2.03. The van der Waals surface area contributed by atoms with Crippen LogP contribution in [0.4, 0.5) is 5.69 Å². The highest BCUT2D eigenvalue weighted by atomic mass is 35.5. The Morgan fingerprint density at radius 2 is 1.89 bits per heavy atom. The predicted molar refractivity (Wildman–Crippen MR) is 74.6 cm³/mol. The van der Waals surface area contributed by atoms with Gasteiger partial charge in [-0.25, -0.2) is 4.98 Å². The number of benzene rings is 1. The van der Waals surface area contributed by atoms with Crippen LogP contribution in [0.2, 0.25) is 10.0 Å². The molecular weight excluding hydrogens is 271 g/mol. The maximum atomic E-state index is 6.10. The van der Waals surface area contributed by atoms with Gasteiger partial charge < -0.3 is 10.1 Å². The molecule has 0 fully saturated rings. The van der Waals surface area contributed by atoms with Gasteiger partial charge >= 0.3 is 0 Å². The van der Waals surface area contributed by atoms with Crippen molar-refractivity contribution >= 4 is 28.9 Å². The van der Waals surface area contributed by atoms with Gasteiger partial charge in [-0.1, -0.05) is 29.3 Å². The summed E-state index contributed by atoms with van der Waals surface area (Å²) in [4.78, 5) is 4.10. The minimum absolute atomic E-state index is 0.514. The third-order valence-corrected chi connectivity index (χ3v) is 3.19. The fourth-order valence-electron chi connectivity index (χ4n) is 1.57. The Labute approximate surface area is 116 Å². The largest absolute Gasteiger partial charge is 0.480 e. The fourth-order valence-corrected chi connectivity index (χ4v) is 2.10. The summed E-state index contributed by atoms with van der Waals surface area (Å²) in [5, 5.41) is 4.48. The van der Waals surface area contributed by atoms with Crippen molar-refractivity contribution in [2.45, 2.75) is 6.54 Å². The second-order valence-corrected chi connectivity index (χ2v) is 4.43. The van der Waals surface area contributed by atoms with E-state index in [2.05, 4.69) is 10.3 Å². The number of aromatic nitrogens is 1. The summed E-state index contributed by atoms with van der Waals surface area (Å²) in [5.41, 5.74) is 1.66. The molecule has 2 rings (SSSR count). The van der Waals surface area contributed by atoms with Crippen LogP contribution in [-0.4, -0.2) is 12.1 Å². The number of nitrogens with zero attached hydrogens (tertiary/aromatic N) is 1. The van der Waals surface area contributed by atoms with Crippen molar-refractivity contribution in [2.75, 3.05) is 12.4 Å². The third kappa shape index (κ3) is 2.86. The van der Waals surface area contributed by atoms with Crippen LogP contribution >= 0.6 is 23.2 Å². The van der Waals surface area contributed by atoms with Gasteiger partial charge in [-0.2, -0.15) is 0 Å². The molecule has 0 spiro atoms. The summed E-state index contributed by atoms with van der Waals surface area (Å²) in [6.45, 7) is 0.514. The third-order valence-electron chi connectivity index (χ3n) is 2.48. The van der Waals surface area contributed by atoms with Gasteiger partial charge in [0.2, 0.25) is 5.88 Å². The molecule has 3 nitrogen and oxygen atoms in total. The van der Waals surface area contributed by atoms with Crippen LogP contribution in [0, 0.1) is 0 Å². The molecule has 0 aliphatic rings. The summed E-state index contributed by atoms with van der Waals surface area (Å²) in [7, 11) is 1.58. The van der Waals surface area contributed by atoms with Crippen LogP contribution in [0.3, 0.4) is 0 Å². The summed E-state index contributed by atoms with van der Waals surface area (Å²) in [6.07, 6.45) is 1.67. The first-order valence-electron chi connectivity index (χ1n) is 5.38. The summed E-state index contributed by atoms with van der Waals surface area (Å²) < 4.78 is 5.15. The van der Waals surface area contributed by atoms with Crippen LogP contribution in [0.15, 0.2) is 36.5 Å². The molecule has 0 atom stereocenters. The first-order valence-corrected chi connectivity index (χ1v) is 6.13. The molecule has 1 heterocycles. The van der Waals surface area contributed by atoms with Crippen LogP contribution < -0.4 is 10.1 Å². The molecule has 18 heavy (non-hydrogen) atoms. The minimum atomic E-state index is 0.514. The highest BCUT2D eigenvalue weighted by molar-refractivity contribution is 6.36. The number of ether oxygens (including phenoxy) is 1. The van der Waals surface area contributed by atoms with E-state index in [4.69, 9.17) is 27.9 Å². The Balaban J connectivity index is 2.16. The second kappa shape index (κ2) is 5.94. The van der Waals surface area contributed by atoms with Crippen molar-refractivity contribution in [1.29, 1.82) is 0 Å². The Hall–Kier alpha value is -1.45. The smallest absolute Gasteiger partial charge is 0.237 e. The van der Waals surface area contributed by atoms with E-state index in [1.165, 1.54) is 0 Å². The van der Waals surface area contributed by atoms with E-state index in [1.54, 1.807) is 13.3 Å². The van der Waals surface area contributed by atoms with E-state index in [-0.39, 0.29) is 0 Å². The zero-order valence-corrected chi connectivity index (χ0v) is 11.3. The highest BCUT2D eigenvalue weighted by Gasteiger charge is 2.07. The van der Waals surface area contributed by atoms with Gasteiger partial charge in [-0.05, 0) is 24.3 Å². The topological polar surface area (TPSA) is 34.1 Å². The van der Waals surface area contributed by atoms with E-state index in [0.717, 1.165) is 11.3 Å². The van der Waals surface area contributed by atoms with Gasteiger partial charge in [0, 0.05) is 28.4 Å². The van der Waals surface area contributed by atoms with Gasteiger partial charge in [0.25, 0.3) is 0 Å².